The minimum absolute atomic E-state index is 0.472. The summed E-state index contributed by atoms with van der Waals surface area (Å²) in [6.07, 6.45) is 1.35. The summed E-state index contributed by atoms with van der Waals surface area (Å²) in [5.74, 6) is 0. The van der Waals surface area contributed by atoms with E-state index < -0.39 is 0 Å². The second kappa shape index (κ2) is 1.09. The van der Waals surface area contributed by atoms with Crippen LogP contribution in [0, 0.1) is 0 Å². The van der Waals surface area contributed by atoms with Gasteiger partial charge < -0.3 is 0 Å². The van der Waals surface area contributed by atoms with Gasteiger partial charge in [-0.25, -0.2) is 0 Å². The van der Waals surface area contributed by atoms with E-state index in [0.29, 0.717) is 5.66 Å². The fourth-order valence-electron chi connectivity index (χ4n) is 1.64. The fraction of sp³-hybridized carbons (Fsp3) is 1.00. The van der Waals surface area contributed by atoms with E-state index in [0.717, 1.165) is 6.04 Å². The molecule has 2 unspecified atom stereocenters. The fourth-order valence-corrected chi connectivity index (χ4v) is 1.64. The SMILES string of the molecule is CC1NC12CCN2C. The van der Waals surface area contributed by atoms with E-state index in [1.165, 1.54) is 13.0 Å². The van der Waals surface area contributed by atoms with Gasteiger partial charge in [0.25, 0.3) is 0 Å². The van der Waals surface area contributed by atoms with Gasteiger partial charge >= 0.3 is 0 Å². The normalized spacial score (nSPS) is 54.0. The third-order valence-electron chi connectivity index (χ3n) is 2.61. The average Bonchev–Trinajstić information content (AvgIpc) is 2.40. The quantitative estimate of drug-likeness (QED) is 0.446. The minimum Gasteiger partial charge on any atom is -0.292 e. The van der Waals surface area contributed by atoms with E-state index in [1.54, 1.807) is 0 Å². The summed E-state index contributed by atoms with van der Waals surface area (Å²) in [4.78, 5) is 2.39. The molecule has 0 aliphatic carbocycles. The van der Waals surface area contributed by atoms with Crippen molar-refractivity contribution in [2.45, 2.75) is 25.0 Å². The van der Waals surface area contributed by atoms with E-state index in [-0.39, 0.29) is 0 Å². The van der Waals surface area contributed by atoms with Crippen molar-refractivity contribution in [3.8, 4) is 0 Å². The van der Waals surface area contributed by atoms with Gasteiger partial charge in [0.05, 0.1) is 5.66 Å². The van der Waals surface area contributed by atoms with Crippen LogP contribution in [-0.4, -0.2) is 30.2 Å². The maximum absolute atomic E-state index is 3.42. The Kier molecular flexibility index (Phi) is 0.649. The monoisotopic (exact) mass is 112 g/mol. The van der Waals surface area contributed by atoms with Gasteiger partial charge in [-0.15, -0.1) is 0 Å². The molecule has 2 rings (SSSR count). The molecule has 2 fully saturated rings. The van der Waals surface area contributed by atoms with Crippen molar-refractivity contribution in [3.63, 3.8) is 0 Å². The second-order valence-electron chi connectivity index (χ2n) is 2.96. The van der Waals surface area contributed by atoms with Gasteiger partial charge in [-0.1, -0.05) is 0 Å². The Hall–Kier alpha value is -0.0800. The topological polar surface area (TPSA) is 25.2 Å². The molecule has 0 saturated carbocycles. The standard InChI is InChI=1S/C6H12N2/c1-5-6(7-5)3-4-8(6)2/h5,7H,3-4H2,1-2H3. The summed E-state index contributed by atoms with van der Waals surface area (Å²) < 4.78 is 0. The average molecular weight is 112 g/mol. The summed E-state index contributed by atoms with van der Waals surface area (Å²) in [5.41, 5.74) is 0.472. The summed E-state index contributed by atoms with van der Waals surface area (Å²) in [5, 5.41) is 3.42. The van der Waals surface area contributed by atoms with Gasteiger partial charge in [-0.2, -0.15) is 0 Å². The van der Waals surface area contributed by atoms with E-state index in [4.69, 9.17) is 0 Å². The van der Waals surface area contributed by atoms with Crippen molar-refractivity contribution in [2.75, 3.05) is 13.6 Å². The molecule has 2 aliphatic heterocycles. The lowest BCUT2D eigenvalue weighted by Gasteiger charge is -2.37. The van der Waals surface area contributed by atoms with Gasteiger partial charge in [-0.05, 0) is 20.4 Å². The van der Waals surface area contributed by atoms with E-state index in [9.17, 15) is 0 Å². The molecule has 0 radical (unpaired) electrons. The first kappa shape index (κ1) is 4.77. The number of hydrogen-bond donors (Lipinski definition) is 1. The van der Waals surface area contributed by atoms with Crippen molar-refractivity contribution >= 4 is 0 Å². The van der Waals surface area contributed by atoms with Crippen LogP contribution < -0.4 is 5.32 Å². The van der Waals surface area contributed by atoms with Crippen molar-refractivity contribution in [2.24, 2.45) is 0 Å². The van der Waals surface area contributed by atoms with Crippen molar-refractivity contribution in [1.29, 1.82) is 0 Å². The highest BCUT2D eigenvalue weighted by molar-refractivity contribution is 5.15. The second-order valence-corrected chi connectivity index (χ2v) is 2.96. The van der Waals surface area contributed by atoms with Crippen LogP contribution in [0.3, 0.4) is 0 Å². The Bertz CT molecular complexity index is 120. The number of likely N-dealkylation sites (tertiary alicyclic amines) is 1. The Balaban J connectivity index is 2.08. The lowest BCUT2D eigenvalue weighted by molar-refractivity contribution is 0.0925. The summed E-state index contributed by atoms with van der Waals surface area (Å²) in [7, 11) is 2.18. The van der Waals surface area contributed by atoms with Gasteiger partial charge in [0.1, 0.15) is 0 Å². The van der Waals surface area contributed by atoms with E-state index >= 15 is 0 Å². The highest BCUT2D eigenvalue weighted by Crippen LogP contribution is 2.40. The van der Waals surface area contributed by atoms with Gasteiger partial charge in [0, 0.05) is 12.6 Å². The summed E-state index contributed by atoms with van der Waals surface area (Å²) in [6, 6.07) is 0.751. The number of likely N-dealkylation sites (N-methyl/N-ethyl adjacent to an activating group) is 1. The molecule has 1 spiro atoms. The molecule has 8 heavy (non-hydrogen) atoms. The first-order chi connectivity index (χ1) is 3.76. The van der Waals surface area contributed by atoms with Crippen LogP contribution in [0.15, 0.2) is 0 Å². The first-order valence-corrected chi connectivity index (χ1v) is 3.25. The van der Waals surface area contributed by atoms with Gasteiger partial charge in [-0.3, -0.25) is 10.2 Å². The first-order valence-electron chi connectivity index (χ1n) is 3.25. The molecule has 2 aliphatic rings. The molecular weight excluding hydrogens is 100 g/mol. The van der Waals surface area contributed by atoms with Gasteiger partial charge in [0.2, 0.25) is 0 Å². The van der Waals surface area contributed by atoms with Crippen LogP contribution in [0.2, 0.25) is 0 Å². The smallest absolute Gasteiger partial charge is 0.0881 e. The summed E-state index contributed by atoms with van der Waals surface area (Å²) >= 11 is 0. The molecular formula is C6H12N2. The highest BCUT2D eigenvalue weighted by Gasteiger charge is 2.58. The lowest BCUT2D eigenvalue weighted by Crippen LogP contribution is -2.51. The van der Waals surface area contributed by atoms with Crippen LogP contribution in [0.4, 0.5) is 0 Å². The molecule has 2 saturated heterocycles. The van der Waals surface area contributed by atoms with Crippen LogP contribution in [0.1, 0.15) is 13.3 Å². The molecule has 46 valence electrons. The molecule has 0 amide bonds. The third-order valence-corrected chi connectivity index (χ3v) is 2.61. The Morgan fingerprint density at radius 3 is 2.38 bits per heavy atom. The summed E-state index contributed by atoms with van der Waals surface area (Å²) in [6.45, 7) is 3.52. The number of nitrogens with zero attached hydrogens (tertiary/aromatic N) is 1. The molecule has 0 aromatic heterocycles. The Morgan fingerprint density at radius 2 is 2.38 bits per heavy atom. The molecule has 2 heteroatoms. The van der Waals surface area contributed by atoms with Crippen molar-refractivity contribution < 1.29 is 0 Å². The zero-order valence-corrected chi connectivity index (χ0v) is 5.44. The van der Waals surface area contributed by atoms with Crippen molar-refractivity contribution in [1.82, 2.24) is 10.2 Å². The van der Waals surface area contributed by atoms with Crippen molar-refractivity contribution in [3.05, 3.63) is 0 Å². The number of nitrogens with one attached hydrogen (secondary N) is 1. The highest BCUT2D eigenvalue weighted by atomic mass is 15.5. The predicted molar refractivity (Wildman–Crippen MR) is 32.6 cm³/mol. The third kappa shape index (κ3) is 0.327. The molecule has 2 atom stereocenters. The maximum Gasteiger partial charge on any atom is 0.0881 e. The molecule has 2 heterocycles. The maximum atomic E-state index is 3.42. The van der Waals surface area contributed by atoms with Gasteiger partial charge in [0.15, 0.2) is 0 Å². The van der Waals surface area contributed by atoms with Crippen LogP contribution in [0.5, 0.6) is 0 Å². The predicted octanol–water partition coefficient (Wildman–Crippen LogP) is 0.00990. The molecule has 0 bridgehead atoms. The lowest BCUT2D eigenvalue weighted by atomic mass is 10.0. The van der Waals surface area contributed by atoms with E-state index in [1.807, 2.05) is 0 Å². The molecule has 1 N–H and O–H groups in total. The zero-order chi connectivity index (χ0) is 5.78. The van der Waals surface area contributed by atoms with E-state index in [2.05, 4.69) is 24.2 Å². The number of hydrogen-bond acceptors (Lipinski definition) is 2. The molecule has 2 nitrogen and oxygen atoms in total. The Labute approximate surface area is 49.9 Å². The van der Waals surface area contributed by atoms with Crippen LogP contribution >= 0.6 is 0 Å². The van der Waals surface area contributed by atoms with Crippen LogP contribution in [0.25, 0.3) is 0 Å². The number of rotatable bonds is 0. The Morgan fingerprint density at radius 1 is 1.75 bits per heavy atom. The molecule has 0 aromatic carbocycles. The largest absolute Gasteiger partial charge is 0.292 e. The zero-order valence-electron chi connectivity index (χ0n) is 5.44. The van der Waals surface area contributed by atoms with Crippen LogP contribution in [-0.2, 0) is 0 Å². The molecule has 0 aromatic rings. The minimum atomic E-state index is 0.472.